The van der Waals surface area contributed by atoms with Gasteiger partial charge in [0.25, 0.3) is 0 Å². The van der Waals surface area contributed by atoms with Crippen LogP contribution in [-0.4, -0.2) is 5.91 Å². The third-order valence-corrected chi connectivity index (χ3v) is 3.35. The van der Waals surface area contributed by atoms with Crippen molar-refractivity contribution in [3.05, 3.63) is 58.3 Å². The summed E-state index contributed by atoms with van der Waals surface area (Å²) < 4.78 is 0. The number of rotatable bonds is 4. The van der Waals surface area contributed by atoms with E-state index >= 15 is 0 Å². The van der Waals surface area contributed by atoms with Crippen LogP contribution in [0.4, 0.5) is 0 Å². The second-order valence-corrected chi connectivity index (χ2v) is 4.79. The highest BCUT2D eigenvalue weighted by Gasteiger charge is 2.09. The maximum absolute atomic E-state index is 11.8. The fourth-order valence-corrected chi connectivity index (χ4v) is 2.36. The highest BCUT2D eigenvalue weighted by molar-refractivity contribution is 7.07. The Kier molecular flexibility index (Phi) is 3.94. The predicted molar refractivity (Wildman–Crippen MR) is 71.0 cm³/mol. The van der Waals surface area contributed by atoms with Crippen molar-refractivity contribution in [2.75, 3.05) is 0 Å². The first kappa shape index (κ1) is 11.9. The smallest absolute Gasteiger partial charge is 0.224 e. The minimum atomic E-state index is 0.0577. The number of nitrogens with one attached hydrogen (secondary N) is 1. The van der Waals surface area contributed by atoms with Crippen molar-refractivity contribution in [3.63, 3.8) is 0 Å². The Labute approximate surface area is 105 Å². The monoisotopic (exact) mass is 245 g/mol. The first-order valence-corrected chi connectivity index (χ1v) is 6.55. The molecule has 0 bridgehead atoms. The molecule has 1 heterocycles. The van der Waals surface area contributed by atoms with Crippen molar-refractivity contribution in [1.29, 1.82) is 0 Å². The van der Waals surface area contributed by atoms with Gasteiger partial charge in [-0.25, -0.2) is 0 Å². The van der Waals surface area contributed by atoms with Gasteiger partial charge in [0.15, 0.2) is 0 Å². The van der Waals surface area contributed by atoms with Gasteiger partial charge in [-0.2, -0.15) is 11.3 Å². The van der Waals surface area contributed by atoms with Crippen LogP contribution in [0.2, 0.25) is 0 Å². The first-order chi connectivity index (χ1) is 8.25. The number of amides is 1. The Bertz CT molecular complexity index is 464. The molecule has 88 valence electrons. The third kappa shape index (κ3) is 3.43. The van der Waals surface area contributed by atoms with Crippen molar-refractivity contribution in [2.45, 2.75) is 19.4 Å². The summed E-state index contributed by atoms with van der Waals surface area (Å²) in [5.41, 5.74) is 2.21. The van der Waals surface area contributed by atoms with Crippen molar-refractivity contribution in [1.82, 2.24) is 5.32 Å². The molecule has 17 heavy (non-hydrogen) atoms. The van der Waals surface area contributed by atoms with Gasteiger partial charge in [-0.3, -0.25) is 4.79 Å². The van der Waals surface area contributed by atoms with E-state index in [0.717, 1.165) is 11.1 Å². The Morgan fingerprint density at radius 3 is 2.71 bits per heavy atom. The highest BCUT2D eigenvalue weighted by atomic mass is 32.1. The van der Waals surface area contributed by atoms with E-state index in [2.05, 4.69) is 5.32 Å². The van der Waals surface area contributed by atoms with E-state index in [4.69, 9.17) is 0 Å². The summed E-state index contributed by atoms with van der Waals surface area (Å²) in [5.74, 6) is 0.0692. The second-order valence-electron chi connectivity index (χ2n) is 4.01. The molecule has 0 saturated carbocycles. The van der Waals surface area contributed by atoms with Gasteiger partial charge in [-0.05, 0) is 34.9 Å². The summed E-state index contributed by atoms with van der Waals surface area (Å²) in [6, 6.07) is 12.0. The summed E-state index contributed by atoms with van der Waals surface area (Å²) in [5, 5.41) is 7.00. The van der Waals surface area contributed by atoms with Crippen LogP contribution in [0.15, 0.2) is 47.2 Å². The lowest BCUT2D eigenvalue weighted by Crippen LogP contribution is -2.27. The van der Waals surface area contributed by atoms with Crippen LogP contribution >= 0.6 is 11.3 Å². The molecule has 0 aliphatic carbocycles. The number of carbonyl (C=O) groups excluding carboxylic acids is 1. The summed E-state index contributed by atoms with van der Waals surface area (Å²) in [6.07, 6.45) is 0.459. The van der Waals surface area contributed by atoms with Crippen molar-refractivity contribution in [2.24, 2.45) is 0 Å². The topological polar surface area (TPSA) is 29.1 Å². The average Bonchev–Trinajstić information content (AvgIpc) is 2.82. The molecule has 1 aromatic carbocycles. The lowest BCUT2D eigenvalue weighted by Gasteiger charge is -2.13. The molecule has 3 heteroatoms. The SMILES string of the molecule is C[C@H](NC(=O)Cc1ccsc1)c1ccccc1. The van der Waals surface area contributed by atoms with Gasteiger partial charge < -0.3 is 5.32 Å². The van der Waals surface area contributed by atoms with Crippen LogP contribution in [0.25, 0.3) is 0 Å². The van der Waals surface area contributed by atoms with E-state index in [-0.39, 0.29) is 11.9 Å². The quantitative estimate of drug-likeness (QED) is 0.880. The van der Waals surface area contributed by atoms with Crippen molar-refractivity contribution >= 4 is 17.2 Å². The molecule has 1 atom stereocenters. The van der Waals surface area contributed by atoms with Crippen LogP contribution in [-0.2, 0) is 11.2 Å². The lowest BCUT2D eigenvalue weighted by molar-refractivity contribution is -0.121. The average molecular weight is 245 g/mol. The largest absolute Gasteiger partial charge is 0.349 e. The molecular weight excluding hydrogens is 230 g/mol. The number of benzene rings is 1. The lowest BCUT2D eigenvalue weighted by atomic mass is 10.1. The predicted octanol–water partition coefficient (Wildman–Crippen LogP) is 3.17. The molecule has 0 radical (unpaired) electrons. The molecule has 2 nitrogen and oxygen atoms in total. The maximum Gasteiger partial charge on any atom is 0.224 e. The molecule has 1 N–H and O–H groups in total. The van der Waals surface area contributed by atoms with Gasteiger partial charge in [0.05, 0.1) is 12.5 Å². The van der Waals surface area contributed by atoms with Gasteiger partial charge in [0.2, 0.25) is 5.91 Å². The molecule has 1 aromatic heterocycles. The van der Waals surface area contributed by atoms with Gasteiger partial charge in [-0.15, -0.1) is 0 Å². The van der Waals surface area contributed by atoms with Crippen molar-refractivity contribution in [3.8, 4) is 0 Å². The molecule has 0 unspecified atom stereocenters. The van der Waals surface area contributed by atoms with Crippen LogP contribution in [0.5, 0.6) is 0 Å². The molecule has 1 amide bonds. The molecule has 0 aliphatic heterocycles. The molecule has 0 aliphatic rings. The zero-order valence-electron chi connectivity index (χ0n) is 9.72. The number of thiophene rings is 1. The van der Waals surface area contributed by atoms with Crippen LogP contribution in [0, 0.1) is 0 Å². The second kappa shape index (κ2) is 5.64. The Morgan fingerprint density at radius 1 is 1.29 bits per heavy atom. The fraction of sp³-hybridized carbons (Fsp3) is 0.214. The number of carbonyl (C=O) groups is 1. The third-order valence-electron chi connectivity index (χ3n) is 2.62. The van der Waals surface area contributed by atoms with Gasteiger partial charge in [0, 0.05) is 0 Å². The normalized spacial score (nSPS) is 12.1. The Hall–Kier alpha value is -1.61. The summed E-state index contributed by atoms with van der Waals surface area (Å²) in [4.78, 5) is 11.8. The van der Waals surface area contributed by atoms with E-state index in [1.807, 2.05) is 54.1 Å². The summed E-state index contributed by atoms with van der Waals surface area (Å²) in [7, 11) is 0. The molecule has 0 spiro atoms. The van der Waals surface area contributed by atoms with E-state index in [9.17, 15) is 4.79 Å². The molecule has 0 fully saturated rings. The highest BCUT2D eigenvalue weighted by Crippen LogP contribution is 2.12. The van der Waals surface area contributed by atoms with Gasteiger partial charge in [0.1, 0.15) is 0 Å². The van der Waals surface area contributed by atoms with Gasteiger partial charge >= 0.3 is 0 Å². The minimum absolute atomic E-state index is 0.0577. The fourth-order valence-electron chi connectivity index (χ4n) is 1.70. The number of hydrogen-bond donors (Lipinski definition) is 1. The summed E-state index contributed by atoms with van der Waals surface area (Å²) >= 11 is 1.62. The Morgan fingerprint density at radius 2 is 2.06 bits per heavy atom. The number of hydrogen-bond acceptors (Lipinski definition) is 2. The van der Waals surface area contributed by atoms with E-state index in [0.29, 0.717) is 6.42 Å². The van der Waals surface area contributed by atoms with Gasteiger partial charge in [-0.1, -0.05) is 30.3 Å². The Balaban J connectivity index is 1.91. The zero-order chi connectivity index (χ0) is 12.1. The maximum atomic E-state index is 11.8. The molecule has 2 rings (SSSR count). The standard InChI is InChI=1S/C14H15NOS/c1-11(13-5-3-2-4-6-13)15-14(16)9-12-7-8-17-10-12/h2-8,10-11H,9H2,1H3,(H,15,16)/t11-/m0/s1. The van der Waals surface area contributed by atoms with E-state index in [1.165, 1.54) is 0 Å². The van der Waals surface area contributed by atoms with E-state index in [1.54, 1.807) is 11.3 Å². The first-order valence-electron chi connectivity index (χ1n) is 5.61. The zero-order valence-corrected chi connectivity index (χ0v) is 10.5. The van der Waals surface area contributed by atoms with Crippen LogP contribution < -0.4 is 5.32 Å². The van der Waals surface area contributed by atoms with Crippen LogP contribution in [0.1, 0.15) is 24.1 Å². The van der Waals surface area contributed by atoms with Crippen LogP contribution in [0.3, 0.4) is 0 Å². The molecular formula is C14H15NOS. The minimum Gasteiger partial charge on any atom is -0.349 e. The van der Waals surface area contributed by atoms with E-state index < -0.39 is 0 Å². The molecule has 2 aromatic rings. The molecule has 0 saturated heterocycles. The summed E-state index contributed by atoms with van der Waals surface area (Å²) in [6.45, 7) is 2.00. The van der Waals surface area contributed by atoms with Crippen molar-refractivity contribution < 1.29 is 4.79 Å².